The summed E-state index contributed by atoms with van der Waals surface area (Å²) < 4.78 is 5.91. The lowest BCUT2D eigenvalue weighted by atomic mass is 10.2. The van der Waals surface area contributed by atoms with E-state index in [9.17, 15) is 4.79 Å². The summed E-state index contributed by atoms with van der Waals surface area (Å²) in [5, 5.41) is 2.19. The monoisotopic (exact) mass is 304 g/mol. The molecule has 0 radical (unpaired) electrons. The van der Waals surface area contributed by atoms with Gasteiger partial charge in [-0.2, -0.15) is 0 Å². The summed E-state index contributed by atoms with van der Waals surface area (Å²) in [7, 11) is -2.03. The van der Waals surface area contributed by atoms with Crippen molar-refractivity contribution in [3.8, 4) is 0 Å². The van der Waals surface area contributed by atoms with E-state index in [1.54, 1.807) is 12.1 Å². The van der Waals surface area contributed by atoms with E-state index >= 15 is 0 Å². The van der Waals surface area contributed by atoms with E-state index in [0.29, 0.717) is 5.56 Å². The molecule has 0 heterocycles. The number of carbonyl (C=O) groups excluding carboxylic acids is 1. The predicted molar refractivity (Wildman–Crippen MR) is 91.2 cm³/mol. The van der Waals surface area contributed by atoms with Crippen molar-refractivity contribution in [2.24, 2.45) is 0 Å². The fourth-order valence-corrected chi connectivity index (χ4v) is 4.48. The van der Waals surface area contributed by atoms with Crippen LogP contribution in [-0.4, -0.2) is 15.0 Å². The van der Waals surface area contributed by atoms with Crippen molar-refractivity contribution in [2.75, 3.05) is 0 Å². The third-order valence-corrected chi connectivity index (χ3v) is 5.87. The van der Waals surface area contributed by atoms with Gasteiger partial charge in [-0.1, -0.05) is 78.9 Å². The van der Waals surface area contributed by atoms with E-state index in [4.69, 9.17) is 4.43 Å². The lowest BCUT2D eigenvalue weighted by Gasteiger charge is -2.17. The van der Waals surface area contributed by atoms with Crippen LogP contribution in [0.15, 0.2) is 91.0 Å². The van der Waals surface area contributed by atoms with E-state index in [0.717, 1.165) is 10.4 Å². The largest absolute Gasteiger partial charge is 0.510 e. The molecule has 0 unspecified atom stereocenters. The minimum atomic E-state index is -2.03. The SMILES string of the molecule is O=C(O[SiH](c1ccccc1)c1ccccc1)c1ccccc1. The first-order valence-electron chi connectivity index (χ1n) is 7.20. The third kappa shape index (κ3) is 3.32. The summed E-state index contributed by atoms with van der Waals surface area (Å²) in [6, 6.07) is 29.1. The number of rotatable bonds is 4. The highest BCUT2D eigenvalue weighted by Gasteiger charge is 2.22. The molecule has 0 saturated heterocycles. The van der Waals surface area contributed by atoms with Gasteiger partial charge in [0.25, 0.3) is 0 Å². The molecule has 0 saturated carbocycles. The van der Waals surface area contributed by atoms with Gasteiger partial charge in [0.1, 0.15) is 0 Å². The van der Waals surface area contributed by atoms with Gasteiger partial charge < -0.3 is 4.43 Å². The summed E-state index contributed by atoms with van der Waals surface area (Å²) in [6.45, 7) is 0. The highest BCUT2D eigenvalue weighted by Crippen LogP contribution is 2.03. The highest BCUT2D eigenvalue weighted by molar-refractivity contribution is 6.81. The Bertz CT molecular complexity index is 688. The van der Waals surface area contributed by atoms with Gasteiger partial charge >= 0.3 is 15.0 Å². The number of hydrogen-bond acceptors (Lipinski definition) is 2. The van der Waals surface area contributed by atoms with Crippen molar-refractivity contribution in [3.63, 3.8) is 0 Å². The maximum Gasteiger partial charge on any atom is 0.325 e. The van der Waals surface area contributed by atoms with Crippen LogP contribution in [0.2, 0.25) is 0 Å². The van der Waals surface area contributed by atoms with Crippen LogP contribution in [0.5, 0.6) is 0 Å². The molecule has 0 N–H and O–H groups in total. The van der Waals surface area contributed by atoms with Crippen LogP contribution in [0.3, 0.4) is 0 Å². The minimum absolute atomic E-state index is 0.259. The molecule has 0 aromatic heterocycles. The lowest BCUT2D eigenvalue weighted by Crippen LogP contribution is -2.46. The molecule has 0 amide bonds. The molecular formula is C19H16O2Si. The molecule has 0 aliphatic rings. The Morgan fingerprint density at radius 3 is 1.50 bits per heavy atom. The van der Waals surface area contributed by atoms with E-state index in [-0.39, 0.29) is 5.97 Å². The molecule has 0 aliphatic carbocycles. The van der Waals surface area contributed by atoms with Crippen molar-refractivity contribution in [1.29, 1.82) is 0 Å². The van der Waals surface area contributed by atoms with Gasteiger partial charge in [-0.15, -0.1) is 0 Å². The average Bonchev–Trinajstić information content (AvgIpc) is 2.62. The van der Waals surface area contributed by atoms with E-state index < -0.39 is 9.04 Å². The summed E-state index contributed by atoms with van der Waals surface area (Å²) in [5.74, 6) is -0.259. The van der Waals surface area contributed by atoms with Crippen molar-refractivity contribution in [2.45, 2.75) is 0 Å². The van der Waals surface area contributed by atoms with Crippen molar-refractivity contribution >= 4 is 25.4 Å². The Morgan fingerprint density at radius 1 is 0.636 bits per heavy atom. The Morgan fingerprint density at radius 2 is 1.05 bits per heavy atom. The van der Waals surface area contributed by atoms with Gasteiger partial charge in [-0.3, -0.25) is 0 Å². The summed E-state index contributed by atoms with van der Waals surface area (Å²) in [5.41, 5.74) is 0.590. The van der Waals surface area contributed by atoms with E-state index in [1.807, 2.05) is 78.9 Å². The van der Waals surface area contributed by atoms with Crippen LogP contribution in [0.4, 0.5) is 0 Å². The molecule has 0 fully saturated rings. The van der Waals surface area contributed by atoms with Crippen LogP contribution >= 0.6 is 0 Å². The maximum absolute atomic E-state index is 12.4. The first-order valence-corrected chi connectivity index (χ1v) is 8.83. The highest BCUT2D eigenvalue weighted by atomic mass is 28.3. The van der Waals surface area contributed by atoms with Crippen molar-refractivity contribution in [1.82, 2.24) is 0 Å². The molecule has 3 aromatic carbocycles. The van der Waals surface area contributed by atoms with Gasteiger partial charge in [0.05, 0.1) is 5.56 Å². The van der Waals surface area contributed by atoms with Gasteiger partial charge in [0, 0.05) is 0 Å². The number of benzene rings is 3. The third-order valence-electron chi connectivity index (χ3n) is 3.44. The average molecular weight is 304 g/mol. The normalized spacial score (nSPS) is 10.4. The molecule has 3 aromatic rings. The fraction of sp³-hybridized carbons (Fsp3) is 0. The van der Waals surface area contributed by atoms with Gasteiger partial charge in [0.15, 0.2) is 0 Å². The molecule has 108 valence electrons. The quantitative estimate of drug-likeness (QED) is 0.692. The van der Waals surface area contributed by atoms with Crippen LogP contribution in [0.25, 0.3) is 0 Å². The first kappa shape index (κ1) is 14.3. The Balaban J connectivity index is 1.91. The number of hydrogen-bond donors (Lipinski definition) is 0. The molecule has 0 bridgehead atoms. The summed E-state index contributed by atoms with van der Waals surface area (Å²) >= 11 is 0. The molecule has 0 aliphatic heterocycles. The first-order chi connectivity index (χ1) is 10.8. The van der Waals surface area contributed by atoms with Crippen molar-refractivity contribution < 1.29 is 9.22 Å². The zero-order chi connectivity index (χ0) is 15.2. The Labute approximate surface area is 131 Å². The zero-order valence-corrected chi connectivity index (χ0v) is 13.2. The molecule has 0 atom stereocenters. The molecule has 3 rings (SSSR count). The van der Waals surface area contributed by atoms with Crippen molar-refractivity contribution in [3.05, 3.63) is 96.6 Å². The second-order valence-corrected chi connectivity index (χ2v) is 7.30. The summed E-state index contributed by atoms with van der Waals surface area (Å²) in [4.78, 5) is 12.4. The van der Waals surface area contributed by atoms with Crippen LogP contribution in [0, 0.1) is 0 Å². The lowest BCUT2D eigenvalue weighted by molar-refractivity contribution is 0.0739. The Hall–Kier alpha value is -2.65. The van der Waals surface area contributed by atoms with Gasteiger partial charge in [0.2, 0.25) is 0 Å². The Kier molecular flexibility index (Phi) is 4.46. The fourth-order valence-electron chi connectivity index (χ4n) is 2.33. The molecular weight excluding hydrogens is 288 g/mol. The van der Waals surface area contributed by atoms with Gasteiger partial charge in [-0.25, -0.2) is 4.79 Å². The zero-order valence-electron chi connectivity index (χ0n) is 12.1. The van der Waals surface area contributed by atoms with Gasteiger partial charge in [-0.05, 0) is 22.5 Å². The minimum Gasteiger partial charge on any atom is -0.510 e. The summed E-state index contributed by atoms with van der Waals surface area (Å²) in [6.07, 6.45) is 0. The topological polar surface area (TPSA) is 26.3 Å². The van der Waals surface area contributed by atoms with Crippen LogP contribution in [0.1, 0.15) is 10.4 Å². The molecule has 0 spiro atoms. The predicted octanol–water partition coefficient (Wildman–Crippen LogP) is 2.38. The standard InChI is InChI=1S/C19H16O2Si/c20-19(16-10-4-1-5-11-16)21-22(17-12-6-2-7-13-17)18-14-8-3-9-15-18/h1-15,22H. The van der Waals surface area contributed by atoms with Crippen LogP contribution < -0.4 is 10.4 Å². The molecule has 3 heteroatoms. The second-order valence-electron chi connectivity index (χ2n) is 4.97. The molecule has 22 heavy (non-hydrogen) atoms. The maximum atomic E-state index is 12.4. The smallest absolute Gasteiger partial charge is 0.325 e. The van der Waals surface area contributed by atoms with E-state index in [2.05, 4.69) is 0 Å². The molecule has 2 nitrogen and oxygen atoms in total. The van der Waals surface area contributed by atoms with Crippen LogP contribution in [-0.2, 0) is 4.43 Å². The van der Waals surface area contributed by atoms with E-state index in [1.165, 1.54) is 0 Å². The number of carbonyl (C=O) groups is 1. The second kappa shape index (κ2) is 6.87.